The normalized spacial score (nSPS) is 11.9. The second-order valence-corrected chi connectivity index (χ2v) is 10.3. The van der Waals surface area contributed by atoms with Gasteiger partial charge < -0.3 is 9.47 Å². The van der Waals surface area contributed by atoms with Crippen molar-refractivity contribution in [2.45, 2.75) is 32.6 Å². The number of carbonyl (C=O) groups is 1. The van der Waals surface area contributed by atoms with Crippen molar-refractivity contribution < 1.29 is 22.7 Å². The molecule has 0 spiro atoms. The number of hydrogen-bond donors (Lipinski definition) is 1. The Balaban J connectivity index is 2.10. The van der Waals surface area contributed by atoms with E-state index in [9.17, 15) is 13.2 Å². The molecular weight excluding hydrogens is 461 g/mol. The number of carbonyl (C=O) groups excluding carboxylic acids is 1. The highest BCUT2D eigenvalue weighted by atomic mass is 35.5. The minimum Gasteiger partial charge on any atom is -0.490 e. The highest BCUT2D eigenvalue weighted by Crippen LogP contribution is 2.40. The third kappa shape index (κ3) is 7.38. The van der Waals surface area contributed by atoms with E-state index in [1.54, 1.807) is 12.1 Å². The lowest BCUT2D eigenvalue weighted by Crippen LogP contribution is -2.31. The van der Waals surface area contributed by atoms with E-state index in [0.717, 1.165) is 23.8 Å². The maximum absolute atomic E-state index is 11.7. The lowest BCUT2D eigenvalue weighted by Gasteiger charge is -2.27. The molecule has 0 aliphatic carbocycles. The molecule has 0 aliphatic heterocycles. The Hall–Kier alpha value is -1.80. The largest absolute Gasteiger partial charge is 0.490 e. The molecule has 6 nitrogen and oxygen atoms in total. The first-order chi connectivity index (χ1) is 14.4. The molecule has 0 fully saturated rings. The summed E-state index contributed by atoms with van der Waals surface area (Å²) in [5.74, 6) is 0.625. The number of sulfonamides is 1. The third-order valence-electron chi connectivity index (χ3n) is 4.68. The Labute approximate surface area is 193 Å². The average molecular weight is 488 g/mol. The fourth-order valence-electron chi connectivity index (χ4n) is 2.82. The molecule has 0 atom stereocenters. The SMILES string of the molecule is CCCOc1c(Cl)cc(C(C)(C)c2ccc(OCC(=O)CNS(C)(=O)=O)cc2)cc1Cl. The lowest BCUT2D eigenvalue weighted by atomic mass is 9.78. The van der Waals surface area contributed by atoms with Gasteiger partial charge in [0.15, 0.2) is 11.5 Å². The van der Waals surface area contributed by atoms with Gasteiger partial charge in [-0.05, 0) is 41.8 Å². The molecule has 1 N–H and O–H groups in total. The van der Waals surface area contributed by atoms with Crippen LogP contribution < -0.4 is 14.2 Å². The van der Waals surface area contributed by atoms with Crippen LogP contribution in [0.25, 0.3) is 0 Å². The Morgan fingerprint density at radius 1 is 1.03 bits per heavy atom. The van der Waals surface area contributed by atoms with Crippen molar-refractivity contribution in [2.75, 3.05) is 26.0 Å². The molecule has 2 aromatic rings. The molecule has 31 heavy (non-hydrogen) atoms. The topological polar surface area (TPSA) is 81.7 Å². The van der Waals surface area contributed by atoms with E-state index in [0.29, 0.717) is 28.2 Å². The van der Waals surface area contributed by atoms with Crippen LogP contribution >= 0.6 is 23.2 Å². The summed E-state index contributed by atoms with van der Waals surface area (Å²) < 4.78 is 35.3. The van der Waals surface area contributed by atoms with Crippen molar-refractivity contribution >= 4 is 39.0 Å². The first-order valence-corrected chi connectivity index (χ1v) is 12.4. The highest BCUT2D eigenvalue weighted by molar-refractivity contribution is 7.88. The molecule has 0 bridgehead atoms. The minimum atomic E-state index is -3.42. The molecule has 0 aliphatic rings. The zero-order valence-corrected chi connectivity index (χ0v) is 20.3. The molecule has 0 unspecified atom stereocenters. The van der Waals surface area contributed by atoms with Crippen molar-refractivity contribution in [2.24, 2.45) is 0 Å². The van der Waals surface area contributed by atoms with E-state index in [1.165, 1.54) is 0 Å². The van der Waals surface area contributed by atoms with Gasteiger partial charge in [-0.3, -0.25) is 4.79 Å². The van der Waals surface area contributed by atoms with Crippen LogP contribution in [0.3, 0.4) is 0 Å². The predicted molar refractivity (Wildman–Crippen MR) is 124 cm³/mol. The van der Waals surface area contributed by atoms with Crippen molar-refractivity contribution in [3.05, 3.63) is 57.6 Å². The van der Waals surface area contributed by atoms with Crippen LogP contribution in [0.5, 0.6) is 11.5 Å². The van der Waals surface area contributed by atoms with Crippen molar-refractivity contribution in [3.8, 4) is 11.5 Å². The van der Waals surface area contributed by atoms with Gasteiger partial charge in [-0.15, -0.1) is 0 Å². The number of Topliss-reactive ketones (excluding diaryl/α,β-unsaturated/α-hetero) is 1. The molecule has 0 saturated carbocycles. The molecule has 0 amide bonds. The summed E-state index contributed by atoms with van der Waals surface area (Å²) >= 11 is 12.8. The van der Waals surface area contributed by atoms with Crippen molar-refractivity contribution in [1.82, 2.24) is 4.72 Å². The first-order valence-electron chi connectivity index (χ1n) is 9.76. The molecule has 0 radical (unpaired) electrons. The molecule has 2 aromatic carbocycles. The van der Waals surface area contributed by atoms with Crippen LogP contribution in [0.2, 0.25) is 10.0 Å². The number of ether oxygens (including phenoxy) is 2. The predicted octanol–water partition coefficient (Wildman–Crippen LogP) is 4.61. The average Bonchev–Trinajstić information content (AvgIpc) is 2.69. The Morgan fingerprint density at radius 3 is 2.13 bits per heavy atom. The van der Waals surface area contributed by atoms with Crippen molar-refractivity contribution in [1.29, 1.82) is 0 Å². The van der Waals surface area contributed by atoms with Crippen LogP contribution in [0.15, 0.2) is 36.4 Å². The van der Waals surface area contributed by atoms with E-state index < -0.39 is 15.4 Å². The number of hydrogen-bond acceptors (Lipinski definition) is 5. The van der Waals surface area contributed by atoms with Crippen LogP contribution in [-0.2, 0) is 20.2 Å². The summed E-state index contributed by atoms with van der Waals surface area (Å²) in [6.07, 6.45) is 1.85. The van der Waals surface area contributed by atoms with Gasteiger partial charge in [-0.1, -0.05) is 56.1 Å². The molecule has 0 heterocycles. The maximum Gasteiger partial charge on any atom is 0.209 e. The van der Waals surface area contributed by atoms with E-state index >= 15 is 0 Å². The van der Waals surface area contributed by atoms with Gasteiger partial charge in [0.2, 0.25) is 10.0 Å². The number of ketones is 1. The fraction of sp³-hybridized carbons (Fsp3) is 0.409. The number of benzene rings is 2. The number of nitrogens with one attached hydrogen (secondary N) is 1. The third-order valence-corrected chi connectivity index (χ3v) is 5.91. The standard InChI is InChI=1S/C22H27Cl2NO5S/c1-5-10-29-21-19(23)11-16(12-20(21)24)22(2,3)15-6-8-18(9-7-15)30-14-17(26)13-25-31(4,27)28/h6-9,11-12,25H,5,10,13-14H2,1-4H3. The van der Waals surface area contributed by atoms with Crippen LogP contribution in [0, 0.1) is 0 Å². The van der Waals surface area contributed by atoms with Gasteiger partial charge in [-0.2, -0.15) is 0 Å². The van der Waals surface area contributed by atoms with E-state index in [4.69, 9.17) is 32.7 Å². The monoisotopic (exact) mass is 487 g/mol. The molecule has 2 rings (SSSR count). The van der Waals surface area contributed by atoms with Gasteiger partial charge in [0.25, 0.3) is 0 Å². The van der Waals surface area contributed by atoms with Gasteiger partial charge >= 0.3 is 0 Å². The Kier molecular flexibility index (Phi) is 8.77. The quantitative estimate of drug-likeness (QED) is 0.500. The summed E-state index contributed by atoms with van der Waals surface area (Å²) in [6.45, 7) is 6.13. The highest BCUT2D eigenvalue weighted by Gasteiger charge is 2.25. The van der Waals surface area contributed by atoms with Crippen LogP contribution in [0.1, 0.15) is 38.3 Å². The molecule has 0 aromatic heterocycles. The fourth-order valence-corrected chi connectivity index (χ4v) is 3.84. The summed E-state index contributed by atoms with van der Waals surface area (Å²) in [6, 6.07) is 11.0. The Morgan fingerprint density at radius 2 is 1.61 bits per heavy atom. The zero-order chi connectivity index (χ0) is 23.2. The van der Waals surface area contributed by atoms with Gasteiger partial charge in [0, 0.05) is 5.41 Å². The molecular formula is C22H27Cl2NO5S. The van der Waals surface area contributed by atoms with Crippen LogP contribution in [0.4, 0.5) is 0 Å². The summed E-state index contributed by atoms with van der Waals surface area (Å²) in [4.78, 5) is 11.7. The smallest absolute Gasteiger partial charge is 0.209 e. The Bertz CT molecular complexity index is 998. The van der Waals surface area contributed by atoms with Crippen molar-refractivity contribution in [3.63, 3.8) is 0 Å². The summed E-state index contributed by atoms with van der Waals surface area (Å²) in [5, 5.41) is 0.926. The second-order valence-electron chi connectivity index (χ2n) is 7.69. The van der Waals surface area contributed by atoms with E-state index in [1.807, 2.05) is 31.2 Å². The van der Waals surface area contributed by atoms with Gasteiger partial charge in [0.05, 0.1) is 29.5 Å². The number of halogens is 2. The lowest BCUT2D eigenvalue weighted by molar-refractivity contribution is -0.119. The minimum absolute atomic E-state index is 0.226. The van der Waals surface area contributed by atoms with E-state index in [2.05, 4.69) is 18.6 Å². The summed E-state index contributed by atoms with van der Waals surface area (Å²) in [5.41, 5.74) is 1.53. The zero-order valence-electron chi connectivity index (χ0n) is 18.0. The van der Waals surface area contributed by atoms with E-state index in [-0.39, 0.29) is 18.9 Å². The first kappa shape index (κ1) is 25.5. The molecule has 0 saturated heterocycles. The second kappa shape index (κ2) is 10.7. The van der Waals surface area contributed by atoms with Gasteiger partial charge in [-0.25, -0.2) is 13.1 Å². The molecule has 9 heteroatoms. The van der Waals surface area contributed by atoms with Crippen LogP contribution in [-0.4, -0.2) is 40.2 Å². The van der Waals surface area contributed by atoms with Gasteiger partial charge in [0.1, 0.15) is 12.4 Å². The molecule has 170 valence electrons. The number of rotatable bonds is 11. The maximum atomic E-state index is 11.7. The summed E-state index contributed by atoms with van der Waals surface area (Å²) in [7, 11) is -3.42.